The number of aromatic nitrogens is 4. The van der Waals surface area contributed by atoms with Gasteiger partial charge in [0.15, 0.2) is 0 Å². The summed E-state index contributed by atoms with van der Waals surface area (Å²) in [6.07, 6.45) is 1.72. The Morgan fingerprint density at radius 1 is 0.848 bits per heavy atom. The number of pyridine rings is 2. The Balaban J connectivity index is 1.51. The molecule has 6 nitrogen and oxygen atoms in total. The van der Waals surface area contributed by atoms with Crippen LogP contribution in [0, 0.1) is 0 Å². The highest BCUT2D eigenvalue weighted by Gasteiger charge is 2.18. The number of aryl methyl sites for hydroxylation is 1. The summed E-state index contributed by atoms with van der Waals surface area (Å²) < 4.78 is 13.9. The molecule has 2 aromatic carbocycles. The fourth-order valence-electron chi connectivity index (χ4n) is 3.58. The predicted molar refractivity (Wildman–Crippen MR) is 128 cm³/mol. The second kappa shape index (κ2) is 9.30. The summed E-state index contributed by atoms with van der Waals surface area (Å²) in [6.45, 7) is 0.790. The number of hydrogen-bond donors (Lipinski definition) is 0. The van der Waals surface area contributed by atoms with Crippen molar-refractivity contribution < 1.29 is 9.47 Å². The van der Waals surface area contributed by atoms with Gasteiger partial charge in [0.25, 0.3) is 0 Å². The zero-order valence-electron chi connectivity index (χ0n) is 18.0. The molecule has 3 heterocycles. The first kappa shape index (κ1) is 21.0. The summed E-state index contributed by atoms with van der Waals surface area (Å²) in [5.74, 6) is 0.923. The first-order valence-electron chi connectivity index (χ1n) is 10.5. The number of fused-ring (bicyclic) bond motifs is 1. The lowest BCUT2D eigenvalue weighted by atomic mass is 10.1. The predicted octanol–water partition coefficient (Wildman–Crippen LogP) is 5.84. The maximum absolute atomic E-state index is 6.17. The van der Waals surface area contributed by atoms with Gasteiger partial charge in [-0.1, -0.05) is 72.3 Å². The van der Waals surface area contributed by atoms with Crippen LogP contribution in [0.5, 0.6) is 11.8 Å². The summed E-state index contributed by atoms with van der Waals surface area (Å²) in [6, 6.07) is 25.5. The van der Waals surface area contributed by atoms with E-state index >= 15 is 0 Å². The smallest absolute Gasteiger partial charge is 0.226 e. The van der Waals surface area contributed by atoms with Gasteiger partial charge in [-0.3, -0.25) is 4.68 Å². The summed E-state index contributed by atoms with van der Waals surface area (Å²) in [4.78, 5) is 8.91. The Bertz CT molecular complexity index is 1390. The lowest BCUT2D eigenvalue weighted by Gasteiger charge is -2.12. The van der Waals surface area contributed by atoms with E-state index in [0.29, 0.717) is 30.1 Å². The quantitative estimate of drug-likeness (QED) is 0.288. The molecule has 0 saturated heterocycles. The monoisotopic (exact) mass is 456 g/mol. The molecule has 0 aliphatic rings. The van der Waals surface area contributed by atoms with Crippen LogP contribution in [0.4, 0.5) is 0 Å². The Kier molecular flexibility index (Phi) is 5.91. The van der Waals surface area contributed by atoms with Crippen LogP contribution in [0.3, 0.4) is 0 Å². The second-order valence-electron chi connectivity index (χ2n) is 7.55. The number of halogens is 1. The number of benzene rings is 2. The van der Waals surface area contributed by atoms with Crippen molar-refractivity contribution in [2.24, 2.45) is 7.05 Å². The average Bonchev–Trinajstić information content (AvgIpc) is 3.18. The van der Waals surface area contributed by atoms with Crippen LogP contribution in [-0.2, 0) is 20.3 Å². The zero-order valence-corrected chi connectivity index (χ0v) is 18.7. The van der Waals surface area contributed by atoms with Crippen LogP contribution in [-0.4, -0.2) is 19.7 Å². The standard InChI is InChI=1S/C26H21ClN4O2/c1-31-22-14-23(27)28-15-21(22)25(30-31)20-12-13-24(32-16-18-8-4-2-5-9-18)29-26(20)33-17-19-10-6-3-7-11-19/h2-15H,16-17H2,1H3. The second-order valence-corrected chi connectivity index (χ2v) is 7.93. The molecule has 0 amide bonds. The van der Waals surface area contributed by atoms with Crippen molar-refractivity contribution in [3.8, 4) is 23.0 Å². The van der Waals surface area contributed by atoms with Crippen LogP contribution < -0.4 is 9.47 Å². The number of nitrogens with zero attached hydrogens (tertiary/aromatic N) is 4. The number of ether oxygens (including phenoxy) is 2. The van der Waals surface area contributed by atoms with Crippen molar-refractivity contribution in [2.75, 3.05) is 0 Å². The Labute approximate surface area is 196 Å². The fourth-order valence-corrected chi connectivity index (χ4v) is 3.73. The number of rotatable bonds is 7. The van der Waals surface area contributed by atoms with Gasteiger partial charge in [-0.05, 0) is 17.2 Å². The van der Waals surface area contributed by atoms with Crippen molar-refractivity contribution in [3.63, 3.8) is 0 Å². The maximum atomic E-state index is 6.17. The molecule has 0 aliphatic heterocycles. The van der Waals surface area contributed by atoms with E-state index in [1.54, 1.807) is 16.9 Å². The third-order valence-electron chi connectivity index (χ3n) is 5.24. The minimum atomic E-state index is 0.373. The minimum absolute atomic E-state index is 0.373. The molecule has 0 spiro atoms. The van der Waals surface area contributed by atoms with E-state index in [0.717, 1.165) is 33.3 Å². The Hall–Kier alpha value is -3.90. The van der Waals surface area contributed by atoms with Crippen LogP contribution >= 0.6 is 11.6 Å². The van der Waals surface area contributed by atoms with Gasteiger partial charge in [0.2, 0.25) is 11.8 Å². The summed E-state index contributed by atoms with van der Waals surface area (Å²) in [7, 11) is 1.87. The molecular weight excluding hydrogens is 436 g/mol. The molecule has 0 bridgehead atoms. The average molecular weight is 457 g/mol. The summed E-state index contributed by atoms with van der Waals surface area (Å²) in [5, 5.41) is 5.98. The molecule has 0 radical (unpaired) electrons. The Morgan fingerprint density at radius 2 is 1.52 bits per heavy atom. The van der Waals surface area contributed by atoms with Crippen molar-refractivity contribution in [2.45, 2.75) is 13.2 Å². The highest BCUT2D eigenvalue weighted by molar-refractivity contribution is 6.30. The molecule has 0 unspecified atom stereocenters. The molecule has 3 aromatic heterocycles. The van der Waals surface area contributed by atoms with Crippen LogP contribution in [0.1, 0.15) is 11.1 Å². The first-order chi connectivity index (χ1) is 16.2. The van der Waals surface area contributed by atoms with E-state index in [-0.39, 0.29) is 0 Å². The van der Waals surface area contributed by atoms with Gasteiger partial charge in [-0.15, -0.1) is 0 Å². The molecule has 5 rings (SSSR count). The van der Waals surface area contributed by atoms with Crippen molar-refractivity contribution in [1.29, 1.82) is 0 Å². The largest absolute Gasteiger partial charge is 0.473 e. The Morgan fingerprint density at radius 3 is 2.21 bits per heavy atom. The van der Waals surface area contributed by atoms with Gasteiger partial charge in [0, 0.05) is 30.8 Å². The van der Waals surface area contributed by atoms with Gasteiger partial charge in [0.05, 0.1) is 11.1 Å². The van der Waals surface area contributed by atoms with Crippen molar-refractivity contribution in [1.82, 2.24) is 19.7 Å². The molecular formula is C26H21ClN4O2. The van der Waals surface area contributed by atoms with E-state index in [1.807, 2.05) is 79.8 Å². The van der Waals surface area contributed by atoms with Crippen LogP contribution in [0.15, 0.2) is 85.1 Å². The third-order valence-corrected chi connectivity index (χ3v) is 5.45. The van der Waals surface area contributed by atoms with E-state index in [2.05, 4.69) is 9.97 Å². The molecule has 7 heteroatoms. The molecule has 0 N–H and O–H groups in total. The fraction of sp³-hybridized carbons (Fsp3) is 0.115. The van der Waals surface area contributed by atoms with Gasteiger partial charge in [0.1, 0.15) is 24.1 Å². The molecule has 5 aromatic rings. The first-order valence-corrected chi connectivity index (χ1v) is 10.9. The third kappa shape index (κ3) is 4.66. The van der Waals surface area contributed by atoms with E-state index < -0.39 is 0 Å². The SMILES string of the molecule is Cn1nc(-c2ccc(OCc3ccccc3)nc2OCc2ccccc2)c2cnc(Cl)cc21. The highest BCUT2D eigenvalue weighted by Crippen LogP contribution is 2.35. The summed E-state index contributed by atoms with van der Waals surface area (Å²) >= 11 is 6.10. The van der Waals surface area contributed by atoms with E-state index in [9.17, 15) is 0 Å². The van der Waals surface area contributed by atoms with E-state index in [1.165, 1.54) is 0 Å². The van der Waals surface area contributed by atoms with E-state index in [4.69, 9.17) is 26.2 Å². The van der Waals surface area contributed by atoms with Gasteiger partial charge in [-0.25, -0.2) is 4.98 Å². The number of hydrogen-bond acceptors (Lipinski definition) is 5. The van der Waals surface area contributed by atoms with Gasteiger partial charge < -0.3 is 9.47 Å². The molecule has 33 heavy (non-hydrogen) atoms. The normalized spacial score (nSPS) is 11.0. The molecule has 0 saturated carbocycles. The zero-order chi connectivity index (χ0) is 22.6. The maximum Gasteiger partial charge on any atom is 0.226 e. The topological polar surface area (TPSA) is 62.1 Å². The molecule has 0 fully saturated rings. The van der Waals surface area contributed by atoms with Gasteiger partial charge in [-0.2, -0.15) is 10.1 Å². The summed E-state index contributed by atoms with van der Waals surface area (Å²) in [5.41, 5.74) is 4.46. The van der Waals surface area contributed by atoms with Crippen molar-refractivity contribution in [3.05, 3.63) is 101 Å². The minimum Gasteiger partial charge on any atom is -0.473 e. The molecule has 0 aliphatic carbocycles. The van der Waals surface area contributed by atoms with Crippen LogP contribution in [0.2, 0.25) is 5.15 Å². The lowest BCUT2D eigenvalue weighted by Crippen LogP contribution is -2.02. The molecule has 0 atom stereocenters. The van der Waals surface area contributed by atoms with Crippen LogP contribution in [0.25, 0.3) is 22.2 Å². The lowest BCUT2D eigenvalue weighted by molar-refractivity contribution is 0.268. The van der Waals surface area contributed by atoms with Gasteiger partial charge >= 0.3 is 0 Å². The van der Waals surface area contributed by atoms with Crippen molar-refractivity contribution >= 4 is 22.5 Å². The highest BCUT2D eigenvalue weighted by atomic mass is 35.5. The molecule has 164 valence electrons.